The summed E-state index contributed by atoms with van der Waals surface area (Å²) in [6, 6.07) is 9.29. The molecule has 144 valence electrons. The fourth-order valence-corrected chi connectivity index (χ4v) is 3.65. The first kappa shape index (κ1) is 21.0. The zero-order chi connectivity index (χ0) is 17.5. The lowest BCUT2D eigenvalue weighted by atomic mass is 10.1. The van der Waals surface area contributed by atoms with Crippen molar-refractivity contribution in [1.29, 1.82) is 0 Å². The fourth-order valence-electron chi connectivity index (χ4n) is 3.65. The monoisotopic (exact) mass is 470 g/mol. The van der Waals surface area contributed by atoms with Gasteiger partial charge in [0, 0.05) is 19.6 Å². The van der Waals surface area contributed by atoms with E-state index in [0.717, 1.165) is 44.2 Å². The summed E-state index contributed by atoms with van der Waals surface area (Å²) in [5.41, 5.74) is 1.33. The van der Waals surface area contributed by atoms with Crippen LogP contribution in [0.5, 0.6) is 5.75 Å². The highest BCUT2D eigenvalue weighted by molar-refractivity contribution is 14.0. The first-order valence-electron chi connectivity index (χ1n) is 9.30. The smallest absolute Gasteiger partial charge is 0.191 e. The maximum atomic E-state index is 5.30. The van der Waals surface area contributed by atoms with Crippen molar-refractivity contribution >= 4 is 29.9 Å². The minimum Gasteiger partial charge on any atom is -0.497 e. The second kappa shape index (κ2) is 10.8. The van der Waals surface area contributed by atoms with Crippen LogP contribution in [-0.4, -0.2) is 50.7 Å². The average Bonchev–Trinajstić information content (AvgIpc) is 3.35. The second-order valence-electron chi connectivity index (χ2n) is 6.77. The molecule has 2 N–H and O–H groups in total. The van der Waals surface area contributed by atoms with Crippen LogP contribution in [0, 0.1) is 0 Å². The molecule has 0 radical (unpaired) electrons. The number of nitrogens with one attached hydrogen (secondary N) is 2. The molecule has 1 atom stereocenters. The molecule has 1 aliphatic heterocycles. The Morgan fingerprint density at radius 3 is 2.42 bits per heavy atom. The number of halogens is 1. The molecule has 0 aromatic heterocycles. The Hall–Kier alpha value is -1.28. The highest BCUT2D eigenvalue weighted by atomic mass is 127. The molecule has 2 aliphatic rings. The van der Waals surface area contributed by atoms with Crippen LogP contribution in [0.4, 0.5) is 0 Å². The molecule has 1 heterocycles. The molecule has 1 saturated heterocycles. The van der Waals surface area contributed by atoms with Gasteiger partial charge in [-0.05, 0) is 56.5 Å². The number of likely N-dealkylation sites (tertiary alicyclic amines) is 1. The predicted octanol–water partition coefficient (Wildman–Crippen LogP) is 3.33. The summed E-state index contributed by atoms with van der Waals surface area (Å²) in [7, 11) is 3.55. The number of methoxy groups -OCH3 is 1. The molecule has 0 bridgehead atoms. The summed E-state index contributed by atoms with van der Waals surface area (Å²) in [4.78, 5) is 6.97. The van der Waals surface area contributed by atoms with Gasteiger partial charge in [-0.3, -0.25) is 9.89 Å². The van der Waals surface area contributed by atoms with Crippen molar-refractivity contribution in [2.45, 2.75) is 37.8 Å². The van der Waals surface area contributed by atoms with Crippen molar-refractivity contribution < 1.29 is 4.74 Å². The third kappa shape index (κ3) is 5.61. The van der Waals surface area contributed by atoms with E-state index in [1.165, 1.54) is 18.4 Å². The molecule has 26 heavy (non-hydrogen) atoms. The van der Waals surface area contributed by atoms with Crippen molar-refractivity contribution in [3.05, 3.63) is 42.0 Å². The average molecular weight is 470 g/mol. The number of hydrogen-bond donors (Lipinski definition) is 2. The second-order valence-corrected chi connectivity index (χ2v) is 6.77. The molecule has 0 spiro atoms. The van der Waals surface area contributed by atoms with Crippen LogP contribution >= 0.6 is 24.0 Å². The summed E-state index contributed by atoms with van der Waals surface area (Å²) in [6.45, 7) is 3.18. The van der Waals surface area contributed by atoms with Crippen molar-refractivity contribution in [3.63, 3.8) is 0 Å². The van der Waals surface area contributed by atoms with Crippen LogP contribution in [0.1, 0.15) is 37.3 Å². The molecule has 1 unspecified atom stereocenters. The number of hydrogen-bond acceptors (Lipinski definition) is 3. The number of guanidine groups is 1. The lowest BCUT2D eigenvalue weighted by molar-refractivity contribution is 0.245. The van der Waals surface area contributed by atoms with Crippen LogP contribution in [0.2, 0.25) is 0 Å². The normalized spacial score (nSPS) is 19.2. The van der Waals surface area contributed by atoms with Crippen molar-refractivity contribution in [3.8, 4) is 5.75 Å². The Balaban J connectivity index is 0.00000243. The number of aliphatic imine (C=N–C) groups is 1. The molecule has 6 heteroatoms. The van der Waals surface area contributed by atoms with Gasteiger partial charge in [0.2, 0.25) is 0 Å². The van der Waals surface area contributed by atoms with Gasteiger partial charge in [-0.1, -0.05) is 24.3 Å². The quantitative estimate of drug-likeness (QED) is 0.290. The van der Waals surface area contributed by atoms with Gasteiger partial charge in [-0.15, -0.1) is 24.0 Å². The molecule has 1 aromatic carbocycles. The lowest BCUT2D eigenvalue weighted by Crippen LogP contribution is -2.45. The Morgan fingerprint density at radius 2 is 1.85 bits per heavy atom. The minimum atomic E-state index is 0. The van der Waals surface area contributed by atoms with E-state index in [4.69, 9.17) is 4.74 Å². The van der Waals surface area contributed by atoms with E-state index in [1.807, 2.05) is 7.05 Å². The van der Waals surface area contributed by atoms with Crippen LogP contribution in [0.25, 0.3) is 0 Å². The molecule has 1 aromatic rings. The van der Waals surface area contributed by atoms with E-state index in [9.17, 15) is 0 Å². The van der Waals surface area contributed by atoms with Gasteiger partial charge in [0.25, 0.3) is 0 Å². The van der Waals surface area contributed by atoms with E-state index in [1.54, 1.807) is 7.11 Å². The Labute approximate surface area is 174 Å². The molecule has 0 amide bonds. The zero-order valence-corrected chi connectivity index (χ0v) is 18.1. The summed E-state index contributed by atoms with van der Waals surface area (Å²) >= 11 is 0. The van der Waals surface area contributed by atoms with Crippen LogP contribution in [0.3, 0.4) is 0 Å². The van der Waals surface area contributed by atoms with E-state index in [2.05, 4.69) is 56.9 Å². The minimum absolute atomic E-state index is 0. The van der Waals surface area contributed by atoms with E-state index in [0.29, 0.717) is 12.1 Å². The molecular formula is C20H31IN4O. The van der Waals surface area contributed by atoms with Crippen molar-refractivity contribution in [1.82, 2.24) is 15.5 Å². The fraction of sp³-hybridized carbons (Fsp3) is 0.550. The van der Waals surface area contributed by atoms with Crippen molar-refractivity contribution in [2.75, 3.05) is 33.8 Å². The van der Waals surface area contributed by atoms with Crippen LogP contribution in [-0.2, 0) is 0 Å². The summed E-state index contributed by atoms with van der Waals surface area (Å²) < 4.78 is 5.30. The number of nitrogens with zero attached hydrogens (tertiary/aromatic N) is 2. The first-order chi connectivity index (χ1) is 12.3. The molecule has 5 nitrogen and oxygen atoms in total. The van der Waals surface area contributed by atoms with Crippen molar-refractivity contribution in [2.24, 2.45) is 4.99 Å². The van der Waals surface area contributed by atoms with Gasteiger partial charge in [-0.2, -0.15) is 0 Å². The summed E-state index contributed by atoms with van der Waals surface area (Å²) in [6.07, 6.45) is 9.19. The standard InChI is InChI=1S/C20H30N4O.HI/c1-21-20(23-17-7-3-4-8-17)22-15-19(24-13-5-6-14-24)16-9-11-18(25-2)12-10-16;/h3-4,9-12,17,19H,5-8,13-15H2,1-2H3,(H2,21,22,23);1H. The van der Waals surface area contributed by atoms with Gasteiger partial charge >= 0.3 is 0 Å². The summed E-state index contributed by atoms with van der Waals surface area (Å²) in [5.74, 6) is 1.80. The largest absolute Gasteiger partial charge is 0.497 e. The topological polar surface area (TPSA) is 48.9 Å². The van der Waals surface area contributed by atoms with E-state index >= 15 is 0 Å². The van der Waals surface area contributed by atoms with Gasteiger partial charge < -0.3 is 15.4 Å². The Bertz CT molecular complexity index is 588. The third-order valence-corrected chi connectivity index (χ3v) is 5.12. The first-order valence-corrected chi connectivity index (χ1v) is 9.30. The van der Waals surface area contributed by atoms with E-state index < -0.39 is 0 Å². The predicted molar refractivity (Wildman–Crippen MR) is 119 cm³/mol. The number of ether oxygens (including phenoxy) is 1. The van der Waals surface area contributed by atoms with Crippen LogP contribution < -0.4 is 15.4 Å². The van der Waals surface area contributed by atoms with Crippen LogP contribution in [0.15, 0.2) is 41.4 Å². The Kier molecular flexibility index (Phi) is 8.71. The SMILES string of the molecule is CN=C(NCC(c1ccc(OC)cc1)N1CCCC1)NC1CC=CC1.I. The Morgan fingerprint density at radius 1 is 1.19 bits per heavy atom. The van der Waals surface area contributed by atoms with Gasteiger partial charge in [0.15, 0.2) is 5.96 Å². The maximum Gasteiger partial charge on any atom is 0.191 e. The van der Waals surface area contributed by atoms with Gasteiger partial charge in [0.1, 0.15) is 5.75 Å². The highest BCUT2D eigenvalue weighted by Gasteiger charge is 2.24. The van der Waals surface area contributed by atoms with E-state index in [-0.39, 0.29) is 24.0 Å². The highest BCUT2D eigenvalue weighted by Crippen LogP contribution is 2.26. The van der Waals surface area contributed by atoms with Gasteiger partial charge in [0.05, 0.1) is 13.2 Å². The molecule has 0 saturated carbocycles. The zero-order valence-electron chi connectivity index (χ0n) is 15.8. The molecular weight excluding hydrogens is 439 g/mol. The molecule has 1 aliphatic carbocycles. The number of rotatable bonds is 6. The van der Waals surface area contributed by atoms with Gasteiger partial charge in [-0.25, -0.2) is 0 Å². The summed E-state index contributed by atoms with van der Waals surface area (Å²) in [5, 5.41) is 7.06. The molecule has 1 fully saturated rings. The maximum absolute atomic E-state index is 5.30. The lowest BCUT2D eigenvalue weighted by Gasteiger charge is -2.29. The number of benzene rings is 1. The molecule has 3 rings (SSSR count). The third-order valence-electron chi connectivity index (χ3n) is 5.12.